The third-order valence-corrected chi connectivity index (χ3v) is 7.42. The van der Waals surface area contributed by atoms with Crippen molar-refractivity contribution in [1.29, 1.82) is 0 Å². The van der Waals surface area contributed by atoms with Gasteiger partial charge in [0.15, 0.2) is 0 Å². The highest BCUT2D eigenvalue weighted by molar-refractivity contribution is 7.14. The Bertz CT molecular complexity index is 1530. The summed E-state index contributed by atoms with van der Waals surface area (Å²) in [6, 6.07) is 34.2. The minimum absolute atomic E-state index is 0.0165. The van der Waals surface area contributed by atoms with Crippen molar-refractivity contribution in [2.24, 2.45) is 5.10 Å². The van der Waals surface area contributed by atoms with E-state index in [1.807, 2.05) is 47.5 Å². The Balaban J connectivity index is 1.32. The first kappa shape index (κ1) is 23.0. The second-order valence-electron chi connectivity index (χ2n) is 8.89. The molecule has 1 aliphatic rings. The summed E-state index contributed by atoms with van der Waals surface area (Å²) in [7, 11) is 1.67. The van der Waals surface area contributed by atoms with Crippen LogP contribution in [0.2, 0.25) is 0 Å². The molecule has 1 aromatic heterocycles. The minimum Gasteiger partial charge on any atom is -0.508 e. The second kappa shape index (κ2) is 9.91. The number of phenols is 1. The van der Waals surface area contributed by atoms with Gasteiger partial charge < -0.3 is 9.84 Å². The summed E-state index contributed by atoms with van der Waals surface area (Å²) >= 11 is 1.59. The van der Waals surface area contributed by atoms with Gasteiger partial charge in [0, 0.05) is 17.4 Å². The maximum atomic E-state index is 9.82. The van der Waals surface area contributed by atoms with E-state index in [0.717, 1.165) is 45.4 Å². The first-order chi connectivity index (χ1) is 18.2. The number of aromatic hydroxyl groups is 1. The molecule has 2 heterocycles. The Morgan fingerprint density at radius 1 is 0.784 bits per heavy atom. The van der Waals surface area contributed by atoms with Crippen LogP contribution in [0, 0.1) is 0 Å². The van der Waals surface area contributed by atoms with Gasteiger partial charge in [-0.2, -0.15) is 5.10 Å². The number of methoxy groups -OCH3 is 1. The van der Waals surface area contributed by atoms with Crippen LogP contribution in [0.5, 0.6) is 11.5 Å². The molecule has 0 bridgehead atoms. The average Bonchev–Trinajstić information content (AvgIpc) is 3.62. The molecule has 5 nitrogen and oxygen atoms in total. The predicted octanol–water partition coefficient (Wildman–Crippen LogP) is 7.55. The molecule has 6 heteroatoms. The zero-order valence-corrected chi connectivity index (χ0v) is 21.1. The summed E-state index contributed by atoms with van der Waals surface area (Å²) in [5, 5.41) is 19.8. The zero-order valence-electron chi connectivity index (χ0n) is 20.3. The molecule has 0 saturated carbocycles. The quantitative estimate of drug-likeness (QED) is 0.260. The number of hydrazone groups is 1. The lowest BCUT2D eigenvalue weighted by Crippen LogP contribution is -2.18. The molecule has 0 radical (unpaired) electrons. The molecule has 182 valence electrons. The first-order valence-corrected chi connectivity index (χ1v) is 13.0. The van der Waals surface area contributed by atoms with E-state index in [-0.39, 0.29) is 11.8 Å². The van der Waals surface area contributed by atoms with Crippen LogP contribution in [0.1, 0.15) is 23.6 Å². The summed E-state index contributed by atoms with van der Waals surface area (Å²) in [6.45, 7) is 0. The predicted molar refractivity (Wildman–Crippen MR) is 150 cm³/mol. The van der Waals surface area contributed by atoms with E-state index in [2.05, 4.69) is 53.9 Å². The molecule has 0 spiro atoms. The largest absolute Gasteiger partial charge is 0.508 e. The lowest BCUT2D eigenvalue weighted by Gasteiger charge is -2.21. The molecule has 1 atom stereocenters. The third kappa shape index (κ3) is 4.71. The first-order valence-electron chi connectivity index (χ1n) is 12.1. The standard InChI is InChI=1S/C31H25N3O2S/c1-36-27-17-13-23(14-18-27)28-19-30(25-11-15-26(35)16-12-25)34(33-28)31-32-29(20-37-31)24-9-7-22(8-10-24)21-5-3-2-4-6-21/h2-18,20,30,35H,19H2,1H3. The monoisotopic (exact) mass is 503 g/mol. The number of thiazole rings is 1. The van der Waals surface area contributed by atoms with Crippen molar-refractivity contribution < 1.29 is 9.84 Å². The van der Waals surface area contributed by atoms with Gasteiger partial charge in [-0.3, -0.25) is 0 Å². The number of rotatable bonds is 6. The van der Waals surface area contributed by atoms with Crippen molar-refractivity contribution in [2.75, 3.05) is 12.1 Å². The average molecular weight is 504 g/mol. The number of hydrogen-bond donors (Lipinski definition) is 1. The molecule has 0 fully saturated rings. The van der Waals surface area contributed by atoms with E-state index in [9.17, 15) is 5.11 Å². The summed E-state index contributed by atoms with van der Waals surface area (Å²) in [6.07, 6.45) is 0.734. The molecule has 0 aliphatic carbocycles. The van der Waals surface area contributed by atoms with Gasteiger partial charge in [0.2, 0.25) is 5.13 Å². The Kier molecular flexibility index (Phi) is 6.16. The normalized spacial score (nSPS) is 15.0. The molecule has 0 amide bonds. The van der Waals surface area contributed by atoms with Gasteiger partial charge in [-0.15, -0.1) is 11.3 Å². The number of aromatic nitrogens is 1. The van der Waals surface area contributed by atoms with Crippen LogP contribution in [-0.4, -0.2) is 22.9 Å². The van der Waals surface area contributed by atoms with Crippen molar-refractivity contribution in [2.45, 2.75) is 12.5 Å². The van der Waals surface area contributed by atoms with Crippen molar-refractivity contribution in [1.82, 2.24) is 4.98 Å². The SMILES string of the molecule is COc1ccc(C2=NN(c3nc(-c4ccc(-c5ccccc5)cc4)cs3)C(c3ccc(O)cc3)C2)cc1. The second-order valence-corrected chi connectivity index (χ2v) is 9.73. The van der Waals surface area contributed by atoms with Crippen LogP contribution in [0.4, 0.5) is 5.13 Å². The van der Waals surface area contributed by atoms with E-state index in [1.165, 1.54) is 11.1 Å². The number of phenolic OH excluding ortho intramolecular Hbond substituents is 1. The summed E-state index contributed by atoms with van der Waals surface area (Å²) < 4.78 is 5.32. The van der Waals surface area contributed by atoms with Gasteiger partial charge in [-0.05, 0) is 58.7 Å². The molecule has 5 aromatic rings. The van der Waals surface area contributed by atoms with Crippen molar-refractivity contribution in [3.8, 4) is 33.9 Å². The molecule has 37 heavy (non-hydrogen) atoms. The summed E-state index contributed by atoms with van der Waals surface area (Å²) in [5.74, 6) is 1.07. The zero-order chi connectivity index (χ0) is 25.2. The van der Waals surface area contributed by atoms with E-state index < -0.39 is 0 Å². The summed E-state index contributed by atoms with van der Waals surface area (Å²) in [4.78, 5) is 4.98. The van der Waals surface area contributed by atoms with Gasteiger partial charge in [0.1, 0.15) is 11.5 Å². The van der Waals surface area contributed by atoms with Gasteiger partial charge in [0.05, 0.1) is 24.6 Å². The molecular formula is C31H25N3O2S. The molecule has 1 N–H and O–H groups in total. The maximum absolute atomic E-state index is 9.82. The molecule has 1 aliphatic heterocycles. The third-order valence-electron chi connectivity index (χ3n) is 6.59. The minimum atomic E-state index is -0.0165. The Labute approximate surface area is 220 Å². The van der Waals surface area contributed by atoms with Gasteiger partial charge in [0.25, 0.3) is 0 Å². The van der Waals surface area contributed by atoms with Gasteiger partial charge in [-0.25, -0.2) is 9.99 Å². The fourth-order valence-electron chi connectivity index (χ4n) is 4.57. The Morgan fingerprint density at radius 2 is 1.43 bits per heavy atom. The van der Waals surface area contributed by atoms with Crippen LogP contribution < -0.4 is 9.75 Å². The molecule has 0 saturated heterocycles. The van der Waals surface area contributed by atoms with E-state index in [1.54, 1.807) is 30.6 Å². The fraction of sp³-hybridized carbons (Fsp3) is 0.0968. The van der Waals surface area contributed by atoms with Crippen LogP contribution in [-0.2, 0) is 0 Å². The molecule has 1 unspecified atom stereocenters. The Morgan fingerprint density at radius 3 is 2.14 bits per heavy atom. The van der Waals surface area contributed by atoms with Crippen molar-refractivity contribution >= 4 is 22.2 Å². The number of anilines is 1. The highest BCUT2D eigenvalue weighted by Gasteiger charge is 2.31. The number of hydrogen-bond acceptors (Lipinski definition) is 6. The van der Waals surface area contributed by atoms with Crippen LogP contribution in [0.15, 0.2) is 114 Å². The van der Waals surface area contributed by atoms with Gasteiger partial charge >= 0.3 is 0 Å². The lowest BCUT2D eigenvalue weighted by molar-refractivity contribution is 0.415. The molecule has 6 rings (SSSR count). The highest BCUT2D eigenvalue weighted by Crippen LogP contribution is 2.40. The van der Waals surface area contributed by atoms with Crippen LogP contribution in [0.3, 0.4) is 0 Å². The number of nitrogens with zero attached hydrogens (tertiary/aromatic N) is 3. The lowest BCUT2D eigenvalue weighted by atomic mass is 9.98. The maximum Gasteiger partial charge on any atom is 0.207 e. The number of benzene rings is 4. The highest BCUT2D eigenvalue weighted by atomic mass is 32.1. The fourth-order valence-corrected chi connectivity index (χ4v) is 5.40. The van der Waals surface area contributed by atoms with E-state index >= 15 is 0 Å². The molecular weight excluding hydrogens is 478 g/mol. The van der Waals surface area contributed by atoms with Gasteiger partial charge in [-0.1, -0.05) is 66.7 Å². The van der Waals surface area contributed by atoms with Crippen molar-refractivity contribution in [3.63, 3.8) is 0 Å². The van der Waals surface area contributed by atoms with Crippen LogP contribution in [0.25, 0.3) is 22.4 Å². The van der Waals surface area contributed by atoms with E-state index in [0.29, 0.717) is 0 Å². The van der Waals surface area contributed by atoms with Crippen molar-refractivity contribution in [3.05, 3.63) is 120 Å². The smallest absolute Gasteiger partial charge is 0.207 e. The summed E-state index contributed by atoms with van der Waals surface area (Å²) in [5.41, 5.74) is 7.50. The van der Waals surface area contributed by atoms with Crippen LogP contribution >= 0.6 is 11.3 Å². The van der Waals surface area contributed by atoms with E-state index in [4.69, 9.17) is 14.8 Å². The number of ether oxygens (including phenoxy) is 1. The topological polar surface area (TPSA) is 58.0 Å². The molecule has 4 aromatic carbocycles. The Hall–Kier alpha value is -4.42.